The Morgan fingerprint density at radius 3 is 2.74 bits per heavy atom. The SMILES string of the molecule is Cn1nc(CC2=CCCC=C2)c(C2CCC2)c1NC(=O)OC1CC(F)(F)C1. The van der Waals surface area contributed by atoms with E-state index in [9.17, 15) is 13.6 Å². The lowest BCUT2D eigenvalue weighted by molar-refractivity contribution is -0.142. The lowest BCUT2D eigenvalue weighted by atomic mass is 9.79. The molecule has 0 aliphatic heterocycles. The normalized spacial score (nSPS) is 22.0. The summed E-state index contributed by atoms with van der Waals surface area (Å²) in [5.41, 5.74) is 3.29. The van der Waals surface area contributed by atoms with E-state index < -0.39 is 31.0 Å². The molecule has 0 bridgehead atoms. The Morgan fingerprint density at radius 1 is 1.37 bits per heavy atom. The lowest BCUT2D eigenvalue weighted by Gasteiger charge is -2.34. The maximum atomic E-state index is 12.9. The van der Waals surface area contributed by atoms with Gasteiger partial charge in [0.25, 0.3) is 5.92 Å². The molecule has 1 heterocycles. The monoisotopic (exact) mass is 377 g/mol. The summed E-state index contributed by atoms with van der Waals surface area (Å²) in [5, 5.41) is 7.42. The van der Waals surface area contributed by atoms with Crippen molar-refractivity contribution < 1.29 is 18.3 Å². The summed E-state index contributed by atoms with van der Waals surface area (Å²) in [6.07, 6.45) is 10.5. The van der Waals surface area contributed by atoms with Crippen LogP contribution >= 0.6 is 0 Å². The van der Waals surface area contributed by atoms with E-state index in [1.807, 2.05) is 0 Å². The van der Waals surface area contributed by atoms with Crippen LogP contribution in [0.2, 0.25) is 0 Å². The number of carbonyl (C=O) groups is 1. The largest absolute Gasteiger partial charge is 0.445 e. The smallest absolute Gasteiger partial charge is 0.413 e. The predicted octanol–water partition coefficient (Wildman–Crippen LogP) is 4.85. The van der Waals surface area contributed by atoms with Gasteiger partial charge in [-0.2, -0.15) is 5.10 Å². The standard InChI is InChI=1S/C20H25F2N3O2/c1-25-18(23-19(26)27-15-11-20(21,22)12-15)17(14-8-5-9-14)16(24-25)10-13-6-3-2-4-7-13/h3,6-7,14-15H,2,4-5,8-12H2,1H3,(H,23,26). The Balaban J connectivity index is 1.50. The molecule has 2 saturated carbocycles. The van der Waals surface area contributed by atoms with Gasteiger partial charge in [0.15, 0.2) is 0 Å². The van der Waals surface area contributed by atoms with Crippen molar-refractivity contribution in [2.24, 2.45) is 7.05 Å². The molecule has 0 radical (unpaired) electrons. The maximum Gasteiger partial charge on any atom is 0.413 e. The quantitative estimate of drug-likeness (QED) is 0.798. The number of ether oxygens (including phenoxy) is 1. The minimum atomic E-state index is -2.71. The first-order valence-electron chi connectivity index (χ1n) is 9.68. The number of nitrogens with zero attached hydrogens (tertiary/aromatic N) is 2. The predicted molar refractivity (Wildman–Crippen MR) is 98.0 cm³/mol. The highest BCUT2D eigenvalue weighted by molar-refractivity contribution is 5.85. The van der Waals surface area contributed by atoms with Crippen LogP contribution in [-0.2, 0) is 18.2 Å². The molecule has 0 spiro atoms. The molecule has 0 atom stereocenters. The molecule has 0 unspecified atom stereocenters. The van der Waals surface area contributed by atoms with Crippen LogP contribution in [0.1, 0.15) is 62.1 Å². The van der Waals surface area contributed by atoms with Crippen molar-refractivity contribution in [2.75, 3.05) is 5.32 Å². The zero-order valence-electron chi connectivity index (χ0n) is 15.5. The summed E-state index contributed by atoms with van der Waals surface area (Å²) in [4.78, 5) is 12.2. The van der Waals surface area contributed by atoms with E-state index >= 15 is 0 Å². The lowest BCUT2D eigenvalue weighted by Crippen LogP contribution is -2.43. The van der Waals surface area contributed by atoms with Crippen molar-refractivity contribution in [2.45, 2.75) is 69.3 Å². The number of carbonyl (C=O) groups excluding carboxylic acids is 1. The first kappa shape index (κ1) is 18.2. The molecule has 3 aliphatic carbocycles. The number of halogens is 2. The molecule has 146 valence electrons. The van der Waals surface area contributed by atoms with Crippen molar-refractivity contribution in [3.05, 3.63) is 35.1 Å². The van der Waals surface area contributed by atoms with Crippen LogP contribution in [0.3, 0.4) is 0 Å². The van der Waals surface area contributed by atoms with Crippen LogP contribution in [0.5, 0.6) is 0 Å². The van der Waals surface area contributed by atoms with Gasteiger partial charge in [0.05, 0.1) is 5.69 Å². The van der Waals surface area contributed by atoms with E-state index in [1.165, 1.54) is 12.0 Å². The summed E-state index contributed by atoms with van der Waals surface area (Å²) in [6, 6.07) is 0. The summed E-state index contributed by atoms with van der Waals surface area (Å²) in [6.45, 7) is 0. The second-order valence-corrected chi connectivity index (χ2v) is 7.81. The highest BCUT2D eigenvalue weighted by Crippen LogP contribution is 2.43. The van der Waals surface area contributed by atoms with Gasteiger partial charge in [0, 0.05) is 31.9 Å². The van der Waals surface area contributed by atoms with Crippen molar-refractivity contribution in [1.82, 2.24) is 9.78 Å². The summed E-state index contributed by atoms with van der Waals surface area (Å²) < 4.78 is 32.7. The van der Waals surface area contributed by atoms with Crippen LogP contribution < -0.4 is 5.32 Å². The Labute approximate surface area is 157 Å². The average molecular weight is 377 g/mol. The number of anilines is 1. The van der Waals surface area contributed by atoms with Gasteiger partial charge in [-0.25, -0.2) is 13.6 Å². The zero-order chi connectivity index (χ0) is 19.0. The van der Waals surface area contributed by atoms with Crippen LogP contribution in [0.4, 0.5) is 19.4 Å². The topological polar surface area (TPSA) is 56.2 Å². The molecule has 0 aromatic carbocycles. The fourth-order valence-electron chi connectivity index (χ4n) is 3.96. The van der Waals surface area contributed by atoms with Crippen LogP contribution in [-0.4, -0.2) is 27.9 Å². The number of alkyl halides is 2. The Kier molecular flexibility index (Phi) is 4.78. The number of hydrogen-bond donors (Lipinski definition) is 1. The first-order chi connectivity index (χ1) is 12.9. The molecule has 0 saturated heterocycles. The first-order valence-corrected chi connectivity index (χ1v) is 9.68. The van der Waals surface area contributed by atoms with Gasteiger partial charge in [0.2, 0.25) is 0 Å². The second-order valence-electron chi connectivity index (χ2n) is 7.81. The minimum absolute atomic E-state index is 0.380. The van der Waals surface area contributed by atoms with E-state index in [-0.39, 0.29) is 0 Å². The van der Waals surface area contributed by atoms with E-state index in [2.05, 4.69) is 28.6 Å². The van der Waals surface area contributed by atoms with Gasteiger partial charge in [-0.05, 0) is 37.2 Å². The van der Waals surface area contributed by atoms with Crippen LogP contribution in [0, 0.1) is 0 Å². The fraction of sp³-hybridized carbons (Fsp3) is 0.600. The number of rotatable bonds is 5. The molecular formula is C20H25F2N3O2. The van der Waals surface area contributed by atoms with Crippen LogP contribution in [0.25, 0.3) is 0 Å². The number of aromatic nitrogens is 2. The van der Waals surface area contributed by atoms with E-state index in [0.29, 0.717) is 11.7 Å². The van der Waals surface area contributed by atoms with Crippen molar-refractivity contribution in [1.29, 1.82) is 0 Å². The Morgan fingerprint density at radius 2 is 2.15 bits per heavy atom. The minimum Gasteiger partial charge on any atom is -0.445 e. The zero-order valence-corrected chi connectivity index (χ0v) is 15.5. The third kappa shape index (κ3) is 3.92. The Bertz CT molecular complexity index is 785. The van der Waals surface area contributed by atoms with Crippen molar-refractivity contribution in [3.63, 3.8) is 0 Å². The molecule has 27 heavy (non-hydrogen) atoms. The fourth-order valence-corrected chi connectivity index (χ4v) is 3.96. The number of allylic oxidation sites excluding steroid dienone is 4. The van der Waals surface area contributed by atoms with Crippen molar-refractivity contribution in [3.8, 4) is 0 Å². The van der Waals surface area contributed by atoms with Gasteiger partial charge in [-0.3, -0.25) is 10.00 Å². The maximum absolute atomic E-state index is 12.9. The second kappa shape index (κ2) is 7.09. The summed E-state index contributed by atoms with van der Waals surface area (Å²) in [5.74, 6) is -1.69. The van der Waals surface area contributed by atoms with Gasteiger partial charge in [-0.1, -0.05) is 24.6 Å². The molecule has 7 heteroatoms. The third-order valence-corrected chi connectivity index (χ3v) is 5.66. The molecule has 3 aliphatic rings. The summed E-state index contributed by atoms with van der Waals surface area (Å²) in [7, 11) is 1.80. The third-order valence-electron chi connectivity index (χ3n) is 5.66. The molecule has 5 nitrogen and oxygen atoms in total. The number of amides is 1. The molecule has 1 amide bonds. The van der Waals surface area contributed by atoms with Gasteiger partial charge in [0.1, 0.15) is 11.9 Å². The van der Waals surface area contributed by atoms with E-state index in [1.54, 1.807) is 11.7 Å². The summed E-state index contributed by atoms with van der Waals surface area (Å²) >= 11 is 0. The highest BCUT2D eigenvalue weighted by atomic mass is 19.3. The average Bonchev–Trinajstić information content (AvgIpc) is 2.81. The van der Waals surface area contributed by atoms with E-state index in [4.69, 9.17) is 4.74 Å². The molecule has 1 aromatic heterocycles. The molecule has 1 N–H and O–H groups in total. The molecule has 2 fully saturated rings. The molecule has 1 aromatic rings. The molecule has 4 rings (SSSR count). The van der Waals surface area contributed by atoms with E-state index in [0.717, 1.165) is 43.4 Å². The van der Waals surface area contributed by atoms with Crippen molar-refractivity contribution >= 4 is 11.9 Å². The highest BCUT2D eigenvalue weighted by Gasteiger charge is 2.47. The Hall–Kier alpha value is -2.18. The van der Waals surface area contributed by atoms with Gasteiger partial charge < -0.3 is 4.74 Å². The number of nitrogens with one attached hydrogen (secondary N) is 1. The van der Waals surface area contributed by atoms with Crippen LogP contribution in [0.15, 0.2) is 23.8 Å². The number of hydrogen-bond acceptors (Lipinski definition) is 3. The van der Waals surface area contributed by atoms with Gasteiger partial charge >= 0.3 is 6.09 Å². The number of aryl methyl sites for hydroxylation is 1. The molecular weight excluding hydrogens is 352 g/mol. The van der Waals surface area contributed by atoms with Gasteiger partial charge in [-0.15, -0.1) is 0 Å².